The van der Waals surface area contributed by atoms with Gasteiger partial charge in [-0.2, -0.15) is 0 Å². The molecule has 1 aliphatic heterocycles. The van der Waals surface area contributed by atoms with E-state index in [4.69, 9.17) is 4.74 Å². The van der Waals surface area contributed by atoms with Gasteiger partial charge in [0.25, 0.3) is 5.91 Å². The van der Waals surface area contributed by atoms with Gasteiger partial charge in [0.15, 0.2) is 5.82 Å². The van der Waals surface area contributed by atoms with Crippen molar-refractivity contribution in [1.29, 1.82) is 0 Å². The molecule has 1 aromatic heterocycles. The maximum absolute atomic E-state index is 12.6. The second-order valence-corrected chi connectivity index (χ2v) is 8.70. The summed E-state index contributed by atoms with van der Waals surface area (Å²) in [5.74, 6) is 2.36. The minimum atomic E-state index is -0.150. The Hall–Kier alpha value is -3.41. The van der Waals surface area contributed by atoms with Crippen LogP contribution in [0.5, 0.6) is 5.75 Å². The molecule has 2 heterocycles. The first-order chi connectivity index (χ1) is 16.1. The smallest absolute Gasteiger partial charge is 0.255 e. The van der Waals surface area contributed by atoms with Crippen LogP contribution in [0.3, 0.4) is 0 Å². The number of anilines is 2. The number of benzene rings is 2. The topological polar surface area (TPSA) is 67.3 Å². The highest BCUT2D eigenvalue weighted by Crippen LogP contribution is 2.24. The first-order valence-electron chi connectivity index (χ1n) is 11.9. The van der Waals surface area contributed by atoms with Crippen LogP contribution in [0, 0.1) is 5.92 Å². The standard InChI is InChI=1S/C27H32N4O2/c1-3-4-19-33-24-11-7-22(8-12-24)27(32)28-23-9-5-21(6-10-23)25-13-14-26(30-29-25)31-17-15-20(2)16-18-31/h5-14,20H,3-4,15-19H2,1-2H3,(H,28,32). The molecule has 6 heteroatoms. The van der Waals surface area contributed by atoms with Gasteiger partial charge in [-0.15, -0.1) is 10.2 Å². The van der Waals surface area contributed by atoms with Gasteiger partial charge in [0.1, 0.15) is 5.75 Å². The molecule has 33 heavy (non-hydrogen) atoms. The fourth-order valence-electron chi connectivity index (χ4n) is 3.85. The Labute approximate surface area is 196 Å². The van der Waals surface area contributed by atoms with E-state index in [0.717, 1.165) is 60.4 Å². The van der Waals surface area contributed by atoms with Crippen molar-refractivity contribution >= 4 is 17.4 Å². The summed E-state index contributed by atoms with van der Waals surface area (Å²) in [5.41, 5.74) is 3.11. The lowest BCUT2D eigenvalue weighted by molar-refractivity contribution is 0.102. The summed E-state index contributed by atoms with van der Waals surface area (Å²) in [6.45, 7) is 7.21. The molecule has 1 fully saturated rings. The largest absolute Gasteiger partial charge is 0.494 e. The highest BCUT2D eigenvalue weighted by Gasteiger charge is 2.17. The summed E-state index contributed by atoms with van der Waals surface area (Å²) in [6.07, 6.45) is 4.52. The number of amides is 1. The van der Waals surface area contributed by atoms with Crippen molar-refractivity contribution in [3.8, 4) is 17.0 Å². The van der Waals surface area contributed by atoms with E-state index in [-0.39, 0.29) is 5.91 Å². The van der Waals surface area contributed by atoms with Crippen LogP contribution >= 0.6 is 0 Å². The average molecular weight is 445 g/mol. The van der Waals surface area contributed by atoms with E-state index in [0.29, 0.717) is 12.2 Å². The molecule has 4 rings (SSSR count). The number of carbonyl (C=O) groups is 1. The van der Waals surface area contributed by atoms with Gasteiger partial charge in [-0.1, -0.05) is 32.4 Å². The van der Waals surface area contributed by atoms with E-state index >= 15 is 0 Å². The average Bonchev–Trinajstić information content (AvgIpc) is 2.86. The van der Waals surface area contributed by atoms with E-state index < -0.39 is 0 Å². The molecule has 1 aliphatic rings. The van der Waals surface area contributed by atoms with E-state index in [1.165, 1.54) is 12.8 Å². The first kappa shape index (κ1) is 22.8. The van der Waals surface area contributed by atoms with Gasteiger partial charge in [0, 0.05) is 29.9 Å². The summed E-state index contributed by atoms with van der Waals surface area (Å²) in [4.78, 5) is 14.9. The maximum atomic E-state index is 12.6. The van der Waals surface area contributed by atoms with E-state index in [2.05, 4.69) is 34.3 Å². The molecule has 172 valence electrons. The third kappa shape index (κ3) is 6.09. The zero-order valence-electron chi connectivity index (χ0n) is 19.5. The molecular formula is C27H32N4O2. The molecule has 0 spiro atoms. The maximum Gasteiger partial charge on any atom is 0.255 e. The molecule has 0 aliphatic carbocycles. The Balaban J connectivity index is 1.34. The third-order valence-corrected chi connectivity index (χ3v) is 6.08. The minimum absolute atomic E-state index is 0.150. The molecule has 6 nitrogen and oxygen atoms in total. The van der Waals surface area contributed by atoms with E-state index in [1.807, 2.05) is 48.5 Å². The molecule has 1 saturated heterocycles. The third-order valence-electron chi connectivity index (χ3n) is 6.08. The van der Waals surface area contributed by atoms with Gasteiger partial charge in [0.2, 0.25) is 0 Å². The van der Waals surface area contributed by atoms with Crippen LogP contribution in [0.25, 0.3) is 11.3 Å². The van der Waals surface area contributed by atoms with Gasteiger partial charge in [0.05, 0.1) is 12.3 Å². The Bertz CT molecular complexity index is 1030. The van der Waals surface area contributed by atoms with Crippen LogP contribution in [0.15, 0.2) is 60.7 Å². The predicted octanol–water partition coefficient (Wildman–Crippen LogP) is 5.81. The molecular weight excluding hydrogens is 412 g/mol. The van der Waals surface area contributed by atoms with Gasteiger partial charge in [-0.25, -0.2) is 0 Å². The second-order valence-electron chi connectivity index (χ2n) is 8.70. The highest BCUT2D eigenvalue weighted by molar-refractivity contribution is 6.04. The summed E-state index contributed by atoms with van der Waals surface area (Å²) >= 11 is 0. The molecule has 2 aromatic carbocycles. The second kappa shape index (κ2) is 10.9. The number of hydrogen-bond acceptors (Lipinski definition) is 5. The molecule has 1 N–H and O–H groups in total. The quantitative estimate of drug-likeness (QED) is 0.444. The van der Waals surface area contributed by atoms with E-state index in [9.17, 15) is 4.79 Å². The number of rotatable bonds is 8. The molecule has 3 aromatic rings. The number of aromatic nitrogens is 2. The first-order valence-corrected chi connectivity index (χ1v) is 11.9. The zero-order chi connectivity index (χ0) is 23.0. The summed E-state index contributed by atoms with van der Waals surface area (Å²) in [6, 6.07) is 19.0. The lowest BCUT2D eigenvalue weighted by Crippen LogP contribution is -2.33. The van der Waals surface area contributed by atoms with Crippen molar-refractivity contribution in [3.05, 3.63) is 66.2 Å². The van der Waals surface area contributed by atoms with Crippen molar-refractivity contribution in [2.24, 2.45) is 5.92 Å². The van der Waals surface area contributed by atoms with Crippen LogP contribution in [-0.2, 0) is 0 Å². The Morgan fingerprint density at radius 1 is 1.00 bits per heavy atom. The van der Waals surface area contributed by atoms with Crippen molar-refractivity contribution in [3.63, 3.8) is 0 Å². The fraction of sp³-hybridized carbons (Fsp3) is 0.370. The van der Waals surface area contributed by atoms with Crippen molar-refractivity contribution in [2.75, 3.05) is 29.9 Å². The van der Waals surface area contributed by atoms with Gasteiger partial charge < -0.3 is 15.0 Å². The number of unbranched alkanes of at least 4 members (excludes halogenated alkanes) is 1. The van der Waals surface area contributed by atoms with Crippen LogP contribution in [0.4, 0.5) is 11.5 Å². The lowest BCUT2D eigenvalue weighted by Gasteiger charge is -2.30. The van der Waals surface area contributed by atoms with E-state index in [1.54, 1.807) is 12.1 Å². The number of nitrogens with zero attached hydrogens (tertiary/aromatic N) is 3. The number of carbonyl (C=O) groups excluding carboxylic acids is 1. The monoisotopic (exact) mass is 444 g/mol. The molecule has 1 amide bonds. The zero-order valence-corrected chi connectivity index (χ0v) is 19.5. The Morgan fingerprint density at radius 2 is 1.73 bits per heavy atom. The number of ether oxygens (including phenoxy) is 1. The normalized spacial score (nSPS) is 14.2. The van der Waals surface area contributed by atoms with Crippen LogP contribution < -0.4 is 15.0 Å². The van der Waals surface area contributed by atoms with Crippen molar-refractivity contribution in [1.82, 2.24) is 10.2 Å². The van der Waals surface area contributed by atoms with Crippen LogP contribution in [-0.4, -0.2) is 35.8 Å². The van der Waals surface area contributed by atoms with Gasteiger partial charge in [-0.05, 0) is 73.7 Å². The van der Waals surface area contributed by atoms with Crippen LogP contribution in [0.2, 0.25) is 0 Å². The molecule has 0 unspecified atom stereocenters. The van der Waals surface area contributed by atoms with Gasteiger partial charge in [-0.3, -0.25) is 4.79 Å². The van der Waals surface area contributed by atoms with Gasteiger partial charge >= 0.3 is 0 Å². The Morgan fingerprint density at radius 3 is 2.36 bits per heavy atom. The van der Waals surface area contributed by atoms with Crippen molar-refractivity contribution in [2.45, 2.75) is 39.5 Å². The molecule has 0 atom stereocenters. The summed E-state index contributed by atoms with van der Waals surface area (Å²) < 4.78 is 5.66. The predicted molar refractivity (Wildman–Crippen MR) is 133 cm³/mol. The lowest BCUT2D eigenvalue weighted by atomic mass is 9.99. The summed E-state index contributed by atoms with van der Waals surface area (Å²) in [7, 11) is 0. The number of piperidine rings is 1. The SMILES string of the molecule is CCCCOc1ccc(C(=O)Nc2ccc(-c3ccc(N4CCC(C)CC4)nn3)cc2)cc1. The summed E-state index contributed by atoms with van der Waals surface area (Å²) in [5, 5.41) is 11.8. The Kier molecular flexibility index (Phi) is 7.55. The fourth-order valence-corrected chi connectivity index (χ4v) is 3.85. The molecule has 0 saturated carbocycles. The molecule has 0 radical (unpaired) electrons. The minimum Gasteiger partial charge on any atom is -0.494 e. The molecule has 0 bridgehead atoms. The van der Waals surface area contributed by atoms with Crippen molar-refractivity contribution < 1.29 is 9.53 Å². The number of nitrogens with one attached hydrogen (secondary N) is 1. The van der Waals surface area contributed by atoms with Crippen LogP contribution in [0.1, 0.15) is 49.9 Å². The highest BCUT2D eigenvalue weighted by atomic mass is 16.5. The number of hydrogen-bond donors (Lipinski definition) is 1.